The Hall–Kier alpha value is -3.76. The number of hydrogen-bond acceptors (Lipinski definition) is 10. The fourth-order valence-corrected chi connectivity index (χ4v) is 12.0. The number of unbranched alkanes of at least 4 members (excludes halogenated alkanes) is 16. The van der Waals surface area contributed by atoms with Crippen LogP contribution in [-0.4, -0.2) is 33.8 Å². The lowest BCUT2D eigenvalue weighted by Crippen LogP contribution is -2.14. The van der Waals surface area contributed by atoms with Crippen LogP contribution in [0.25, 0.3) is 63.5 Å². The Morgan fingerprint density at radius 2 is 0.875 bits per heavy atom. The van der Waals surface area contributed by atoms with Crippen LogP contribution in [0, 0.1) is 25.7 Å². The zero-order chi connectivity index (χ0) is 44.7. The molecule has 0 spiro atoms. The molecule has 0 saturated heterocycles. The third-order valence-electron chi connectivity index (χ3n) is 13.6. The van der Waals surface area contributed by atoms with Gasteiger partial charge in [-0.05, 0) is 102 Å². The molecule has 2 atom stereocenters. The molecular weight excluding hydrogens is 833 g/mol. The summed E-state index contributed by atoms with van der Waals surface area (Å²) in [6.45, 7) is 14.9. The summed E-state index contributed by atoms with van der Waals surface area (Å²) >= 11 is 3.61. The molecule has 64 heavy (non-hydrogen) atoms. The molecule has 10 heteroatoms. The van der Waals surface area contributed by atoms with E-state index >= 15 is 0 Å². The summed E-state index contributed by atoms with van der Waals surface area (Å²) in [6.07, 6.45) is 31.0. The zero-order valence-corrected chi connectivity index (χ0v) is 41.7. The standard InChI is InChI=1S/C54H76N4O4S2/c1-7-11-15-19-21-25-29-39(27-23-17-13-9-3)35-59-51-44-32-38(6)63-53(44)52(60-36-40(28-24-18-14-10-4)30-26-22-20-16-12-8-2)45-34-46(64-54(45)51)43-33-42-41(49-50(43)58-62-57-49)31-37(5)47-48(42)56-61-55-47/h31-34,39-40H,7-30,35-36H2,1-6H3. The van der Waals surface area contributed by atoms with Crippen molar-refractivity contribution in [3.8, 4) is 21.9 Å². The van der Waals surface area contributed by atoms with E-state index in [0.29, 0.717) is 17.4 Å². The van der Waals surface area contributed by atoms with Gasteiger partial charge in [0.1, 0.15) is 33.6 Å². The largest absolute Gasteiger partial charge is 0.491 e. The van der Waals surface area contributed by atoms with Crippen molar-refractivity contribution in [2.75, 3.05) is 13.2 Å². The second kappa shape index (κ2) is 24.7. The van der Waals surface area contributed by atoms with Crippen LogP contribution >= 0.6 is 22.7 Å². The lowest BCUT2D eigenvalue weighted by molar-refractivity contribution is 0.226. The van der Waals surface area contributed by atoms with Gasteiger partial charge in [-0.3, -0.25) is 0 Å². The van der Waals surface area contributed by atoms with E-state index in [0.717, 1.165) is 78.1 Å². The lowest BCUT2D eigenvalue weighted by atomic mass is 9.95. The summed E-state index contributed by atoms with van der Waals surface area (Å²) in [5.41, 5.74) is 4.84. The first-order valence-electron chi connectivity index (χ1n) is 25.5. The van der Waals surface area contributed by atoms with E-state index in [1.165, 1.54) is 169 Å². The number of ether oxygens (including phenoxy) is 2. The lowest BCUT2D eigenvalue weighted by Gasteiger charge is -2.21. The monoisotopic (exact) mass is 909 g/mol. The highest BCUT2D eigenvalue weighted by Gasteiger charge is 2.26. The molecule has 0 aliphatic heterocycles. The number of nitrogens with zero attached hydrogens (tertiary/aromatic N) is 4. The van der Waals surface area contributed by atoms with E-state index in [1.54, 1.807) is 11.3 Å². The second-order valence-electron chi connectivity index (χ2n) is 18.9. The van der Waals surface area contributed by atoms with Crippen molar-refractivity contribution in [3.63, 3.8) is 0 Å². The van der Waals surface area contributed by atoms with Crippen LogP contribution in [0.15, 0.2) is 33.5 Å². The van der Waals surface area contributed by atoms with E-state index in [-0.39, 0.29) is 0 Å². The third-order valence-corrected chi connectivity index (χ3v) is 15.8. The maximum atomic E-state index is 7.25. The molecule has 0 fully saturated rings. The number of rotatable bonds is 31. The van der Waals surface area contributed by atoms with Crippen LogP contribution in [0.1, 0.15) is 192 Å². The first-order chi connectivity index (χ1) is 31.4. The van der Waals surface area contributed by atoms with Gasteiger partial charge in [-0.2, -0.15) is 0 Å². The Labute approximate surface area is 390 Å². The number of thiophene rings is 2. The fraction of sp³-hybridized carbons (Fsp3) is 0.630. The molecule has 0 amide bonds. The zero-order valence-electron chi connectivity index (χ0n) is 40.1. The summed E-state index contributed by atoms with van der Waals surface area (Å²) in [5.74, 6) is 3.05. The van der Waals surface area contributed by atoms with E-state index in [9.17, 15) is 0 Å². The second-order valence-corrected chi connectivity index (χ2v) is 21.2. The van der Waals surface area contributed by atoms with E-state index in [1.807, 2.05) is 18.3 Å². The Balaban J connectivity index is 1.28. The summed E-state index contributed by atoms with van der Waals surface area (Å²) in [6, 6.07) is 8.92. The molecule has 4 aromatic heterocycles. The number of aromatic nitrogens is 4. The van der Waals surface area contributed by atoms with Gasteiger partial charge in [-0.15, -0.1) is 22.7 Å². The molecule has 2 unspecified atom stereocenters. The van der Waals surface area contributed by atoms with Gasteiger partial charge < -0.3 is 9.47 Å². The smallest absolute Gasteiger partial charge is 0.146 e. The maximum absolute atomic E-state index is 7.25. The first-order valence-corrected chi connectivity index (χ1v) is 27.1. The minimum absolute atomic E-state index is 0.530. The molecule has 348 valence electrons. The number of aryl methyl sites for hydroxylation is 2. The molecule has 8 nitrogen and oxygen atoms in total. The van der Waals surface area contributed by atoms with Crippen LogP contribution in [-0.2, 0) is 0 Å². The fourth-order valence-electron chi connectivity index (χ4n) is 9.81. The Morgan fingerprint density at radius 3 is 1.42 bits per heavy atom. The van der Waals surface area contributed by atoms with Gasteiger partial charge >= 0.3 is 0 Å². The minimum atomic E-state index is 0.530. The van der Waals surface area contributed by atoms with Gasteiger partial charge in [0.05, 0.1) is 22.6 Å². The quantitative estimate of drug-likeness (QED) is 0.0397. The van der Waals surface area contributed by atoms with Crippen molar-refractivity contribution >= 4 is 75.7 Å². The summed E-state index contributed by atoms with van der Waals surface area (Å²) in [5, 5.41) is 21.7. The Morgan fingerprint density at radius 1 is 0.453 bits per heavy atom. The van der Waals surface area contributed by atoms with Crippen molar-refractivity contribution in [2.45, 2.75) is 196 Å². The number of benzene rings is 3. The molecule has 0 aliphatic rings. The van der Waals surface area contributed by atoms with E-state index < -0.39 is 0 Å². The van der Waals surface area contributed by atoms with Crippen LogP contribution in [0.5, 0.6) is 11.5 Å². The minimum Gasteiger partial charge on any atom is -0.491 e. The highest BCUT2D eigenvalue weighted by atomic mass is 32.1. The van der Waals surface area contributed by atoms with Crippen LogP contribution in [0.2, 0.25) is 0 Å². The first kappa shape index (κ1) is 48.2. The van der Waals surface area contributed by atoms with Crippen molar-refractivity contribution in [2.24, 2.45) is 11.8 Å². The van der Waals surface area contributed by atoms with Crippen molar-refractivity contribution < 1.29 is 18.7 Å². The molecule has 4 heterocycles. The summed E-state index contributed by atoms with van der Waals surface area (Å²) in [7, 11) is 0. The molecule has 0 N–H and O–H groups in total. The number of fused-ring (bicyclic) bond motifs is 7. The van der Waals surface area contributed by atoms with Crippen molar-refractivity contribution in [1.82, 2.24) is 20.6 Å². The third kappa shape index (κ3) is 12.0. The molecule has 0 aliphatic carbocycles. The molecule has 7 aromatic rings. The van der Waals surface area contributed by atoms with Crippen LogP contribution in [0.4, 0.5) is 0 Å². The highest BCUT2D eigenvalue weighted by Crippen LogP contribution is 2.52. The average molecular weight is 909 g/mol. The molecule has 7 rings (SSSR count). The summed E-state index contributed by atoms with van der Waals surface area (Å²) in [4.78, 5) is 2.35. The van der Waals surface area contributed by atoms with E-state index in [4.69, 9.17) is 18.7 Å². The van der Waals surface area contributed by atoms with Crippen LogP contribution in [0.3, 0.4) is 0 Å². The molecule has 0 bridgehead atoms. The van der Waals surface area contributed by atoms with Gasteiger partial charge in [-0.25, -0.2) is 9.26 Å². The normalized spacial score (nSPS) is 13.1. The maximum Gasteiger partial charge on any atom is 0.146 e. The predicted molar refractivity (Wildman–Crippen MR) is 272 cm³/mol. The van der Waals surface area contributed by atoms with Gasteiger partial charge in [0.15, 0.2) is 0 Å². The molecule has 3 aromatic carbocycles. The van der Waals surface area contributed by atoms with Gasteiger partial charge in [-0.1, -0.05) is 156 Å². The average Bonchev–Trinajstić information content (AvgIpc) is 4.14. The predicted octanol–water partition coefficient (Wildman–Crippen LogP) is 18.1. The number of hydrogen-bond donors (Lipinski definition) is 0. The highest BCUT2D eigenvalue weighted by molar-refractivity contribution is 7.23. The van der Waals surface area contributed by atoms with Gasteiger partial charge in [0, 0.05) is 36.9 Å². The van der Waals surface area contributed by atoms with Crippen molar-refractivity contribution in [3.05, 3.63) is 34.7 Å². The van der Waals surface area contributed by atoms with Gasteiger partial charge in [0.2, 0.25) is 0 Å². The molecule has 0 saturated carbocycles. The van der Waals surface area contributed by atoms with Crippen molar-refractivity contribution in [1.29, 1.82) is 0 Å². The van der Waals surface area contributed by atoms with Gasteiger partial charge in [0.25, 0.3) is 0 Å². The molecular formula is C54H76N4O4S2. The van der Waals surface area contributed by atoms with Crippen LogP contribution < -0.4 is 9.47 Å². The SMILES string of the molecule is CCCCCCCCC(CCCCCC)COc1c2cc(-c3cc4c(cc(C)c5nonc54)c4nonc34)sc2c(OCC(CCCCCC)CCCCCCCC)c2cc(C)sc12. The Bertz CT molecular complexity index is 2410. The van der Waals surface area contributed by atoms with E-state index in [2.05, 4.69) is 79.5 Å². The Kier molecular flexibility index (Phi) is 18.6. The molecule has 0 radical (unpaired) electrons. The summed E-state index contributed by atoms with van der Waals surface area (Å²) < 4.78 is 27.6. The topological polar surface area (TPSA) is 96.3 Å².